The zero-order valence-corrected chi connectivity index (χ0v) is 19.5. The molecule has 10 heteroatoms. The van der Waals surface area contributed by atoms with Crippen molar-refractivity contribution in [3.63, 3.8) is 0 Å². The number of ether oxygens (including phenoxy) is 1. The van der Waals surface area contributed by atoms with Crippen molar-refractivity contribution in [3.05, 3.63) is 100 Å². The Morgan fingerprint density at radius 3 is 2.31 bits per heavy atom. The fourth-order valence-corrected chi connectivity index (χ4v) is 5.05. The average Bonchev–Trinajstić information content (AvgIpc) is 2.88. The SMILES string of the molecule is O=C(Nc1ccc(S(=O)(=O)N2CCOCC2)cc1)C(=Cc1cccc([N+](=O)[O-])c1)c1ccccc1. The van der Waals surface area contributed by atoms with Gasteiger partial charge in [0.25, 0.3) is 11.6 Å². The van der Waals surface area contributed by atoms with Crippen molar-refractivity contribution < 1.29 is 22.9 Å². The van der Waals surface area contributed by atoms with E-state index in [1.807, 2.05) is 6.07 Å². The van der Waals surface area contributed by atoms with Gasteiger partial charge in [-0.1, -0.05) is 42.5 Å². The minimum atomic E-state index is -3.64. The first-order chi connectivity index (χ1) is 16.8. The zero-order chi connectivity index (χ0) is 24.8. The lowest BCUT2D eigenvalue weighted by molar-refractivity contribution is -0.384. The zero-order valence-electron chi connectivity index (χ0n) is 18.7. The number of carbonyl (C=O) groups excluding carboxylic acids is 1. The molecule has 1 aliphatic heterocycles. The predicted octanol–water partition coefficient (Wildman–Crippen LogP) is 3.80. The van der Waals surface area contributed by atoms with E-state index in [1.165, 1.54) is 40.7 Å². The molecular weight excluding hydrogens is 470 g/mol. The van der Waals surface area contributed by atoms with Gasteiger partial charge < -0.3 is 10.1 Å². The third-order valence-electron chi connectivity index (χ3n) is 5.44. The quantitative estimate of drug-likeness (QED) is 0.231. The number of amides is 1. The molecule has 9 nitrogen and oxygen atoms in total. The molecule has 180 valence electrons. The fraction of sp³-hybridized carbons (Fsp3) is 0.160. The van der Waals surface area contributed by atoms with E-state index in [1.54, 1.807) is 42.5 Å². The molecule has 1 amide bonds. The number of nitro benzene ring substituents is 1. The van der Waals surface area contributed by atoms with Gasteiger partial charge in [-0.25, -0.2) is 8.42 Å². The van der Waals surface area contributed by atoms with E-state index < -0.39 is 20.9 Å². The van der Waals surface area contributed by atoms with Crippen LogP contribution in [0.5, 0.6) is 0 Å². The first-order valence-electron chi connectivity index (χ1n) is 10.9. The Kier molecular flexibility index (Phi) is 7.35. The minimum Gasteiger partial charge on any atom is -0.379 e. The standard InChI is InChI=1S/C25H23N3O6S/c29-25(26-21-9-11-23(12-10-21)35(32,33)27-13-15-34-16-14-27)24(20-6-2-1-3-7-20)18-19-5-4-8-22(17-19)28(30)31/h1-12,17-18H,13-16H2,(H,26,29). The van der Waals surface area contributed by atoms with Gasteiger partial charge in [-0.3, -0.25) is 14.9 Å². The number of non-ortho nitro benzene ring substituents is 1. The molecule has 1 heterocycles. The van der Waals surface area contributed by atoms with Gasteiger partial charge in [0.05, 0.1) is 23.0 Å². The smallest absolute Gasteiger partial charge is 0.270 e. The monoisotopic (exact) mass is 493 g/mol. The van der Waals surface area contributed by atoms with Crippen molar-refractivity contribution in [2.24, 2.45) is 0 Å². The summed E-state index contributed by atoms with van der Waals surface area (Å²) in [6.45, 7) is 1.30. The molecule has 0 radical (unpaired) electrons. The van der Waals surface area contributed by atoms with Gasteiger partial charge in [0, 0.05) is 36.5 Å². The highest BCUT2D eigenvalue weighted by atomic mass is 32.2. The highest BCUT2D eigenvalue weighted by Gasteiger charge is 2.26. The van der Waals surface area contributed by atoms with Crippen molar-refractivity contribution in [2.45, 2.75) is 4.90 Å². The topological polar surface area (TPSA) is 119 Å². The summed E-state index contributed by atoms with van der Waals surface area (Å²) < 4.78 is 32.2. The number of nitro groups is 1. The molecule has 0 spiro atoms. The normalized spacial score (nSPS) is 14.9. The summed E-state index contributed by atoms with van der Waals surface area (Å²) in [5.74, 6) is -0.438. The molecule has 0 unspecified atom stereocenters. The van der Waals surface area contributed by atoms with Gasteiger partial charge >= 0.3 is 0 Å². The molecule has 3 aromatic rings. The van der Waals surface area contributed by atoms with Crippen LogP contribution in [0.4, 0.5) is 11.4 Å². The highest BCUT2D eigenvalue weighted by Crippen LogP contribution is 2.24. The van der Waals surface area contributed by atoms with Crippen LogP contribution in [0.3, 0.4) is 0 Å². The van der Waals surface area contributed by atoms with Gasteiger partial charge in [-0.2, -0.15) is 4.31 Å². The number of nitrogens with one attached hydrogen (secondary N) is 1. The van der Waals surface area contributed by atoms with Gasteiger partial charge in [0.2, 0.25) is 10.0 Å². The minimum absolute atomic E-state index is 0.0800. The van der Waals surface area contributed by atoms with E-state index in [0.717, 1.165) is 0 Å². The van der Waals surface area contributed by atoms with Gasteiger partial charge in [-0.15, -0.1) is 0 Å². The molecule has 35 heavy (non-hydrogen) atoms. The van der Waals surface area contributed by atoms with E-state index in [-0.39, 0.29) is 10.6 Å². The summed E-state index contributed by atoms with van der Waals surface area (Å²) >= 11 is 0. The third kappa shape index (κ3) is 5.80. The molecule has 0 aliphatic carbocycles. The maximum absolute atomic E-state index is 13.2. The van der Waals surface area contributed by atoms with E-state index >= 15 is 0 Å². The van der Waals surface area contributed by atoms with Crippen LogP contribution >= 0.6 is 0 Å². The first-order valence-corrected chi connectivity index (χ1v) is 12.3. The predicted molar refractivity (Wildman–Crippen MR) is 132 cm³/mol. The Balaban J connectivity index is 1.59. The molecule has 1 aliphatic rings. The summed E-state index contributed by atoms with van der Waals surface area (Å²) in [6, 6.07) is 20.9. The van der Waals surface area contributed by atoms with Crippen LogP contribution in [0, 0.1) is 10.1 Å². The van der Waals surface area contributed by atoms with Crippen LogP contribution in [-0.4, -0.2) is 49.9 Å². The summed E-state index contributed by atoms with van der Waals surface area (Å²) in [4.78, 5) is 24.0. The maximum Gasteiger partial charge on any atom is 0.270 e. The molecule has 0 aromatic heterocycles. The summed E-state index contributed by atoms with van der Waals surface area (Å²) in [5, 5.41) is 13.9. The van der Waals surface area contributed by atoms with Crippen LogP contribution in [0.1, 0.15) is 11.1 Å². The summed E-state index contributed by atoms with van der Waals surface area (Å²) in [7, 11) is -3.64. The number of nitrogens with zero attached hydrogens (tertiary/aromatic N) is 2. The number of anilines is 1. The second-order valence-corrected chi connectivity index (χ2v) is 9.71. The van der Waals surface area contributed by atoms with Crippen LogP contribution in [0.25, 0.3) is 11.6 Å². The third-order valence-corrected chi connectivity index (χ3v) is 7.35. The number of hydrogen-bond acceptors (Lipinski definition) is 6. The van der Waals surface area contributed by atoms with Gasteiger partial charge in [0.1, 0.15) is 0 Å². The number of sulfonamides is 1. The number of hydrogen-bond donors (Lipinski definition) is 1. The molecular formula is C25H23N3O6S. The largest absolute Gasteiger partial charge is 0.379 e. The van der Waals surface area contributed by atoms with Crippen molar-refractivity contribution >= 4 is 39.0 Å². The molecule has 1 fully saturated rings. The highest BCUT2D eigenvalue weighted by molar-refractivity contribution is 7.89. The van der Waals surface area contributed by atoms with Gasteiger partial charge in [0.15, 0.2) is 0 Å². The Morgan fingerprint density at radius 1 is 0.971 bits per heavy atom. The van der Waals surface area contributed by atoms with Crippen molar-refractivity contribution in [1.29, 1.82) is 0 Å². The number of benzene rings is 3. The molecule has 0 saturated carbocycles. The Morgan fingerprint density at radius 2 is 1.66 bits per heavy atom. The second kappa shape index (κ2) is 10.6. The van der Waals surface area contributed by atoms with E-state index in [9.17, 15) is 23.3 Å². The Hall–Kier alpha value is -3.86. The lowest BCUT2D eigenvalue weighted by Gasteiger charge is -2.26. The van der Waals surface area contributed by atoms with Crippen molar-refractivity contribution in [1.82, 2.24) is 4.31 Å². The number of carbonyl (C=O) groups is 1. The Bertz CT molecular complexity index is 1350. The average molecular weight is 494 g/mol. The summed E-state index contributed by atoms with van der Waals surface area (Å²) in [6.07, 6.45) is 1.58. The molecule has 4 rings (SSSR count). The van der Waals surface area contributed by atoms with E-state index in [2.05, 4.69) is 5.32 Å². The summed E-state index contributed by atoms with van der Waals surface area (Å²) in [5.41, 5.74) is 1.76. The first kappa shape index (κ1) is 24.3. The van der Waals surface area contributed by atoms with Crippen LogP contribution < -0.4 is 5.32 Å². The molecule has 3 aromatic carbocycles. The molecule has 0 atom stereocenters. The Labute approximate surface area is 202 Å². The number of rotatable bonds is 7. The van der Waals surface area contributed by atoms with Gasteiger partial charge in [-0.05, 0) is 41.5 Å². The van der Waals surface area contributed by atoms with Crippen LogP contribution in [-0.2, 0) is 19.6 Å². The van der Waals surface area contributed by atoms with Crippen LogP contribution in [0.15, 0.2) is 83.8 Å². The van der Waals surface area contributed by atoms with Crippen LogP contribution in [0.2, 0.25) is 0 Å². The second-order valence-electron chi connectivity index (χ2n) is 7.77. The van der Waals surface area contributed by atoms with Crippen molar-refractivity contribution in [2.75, 3.05) is 31.6 Å². The fourth-order valence-electron chi connectivity index (χ4n) is 3.64. The van der Waals surface area contributed by atoms with Crippen molar-refractivity contribution in [3.8, 4) is 0 Å². The molecule has 1 saturated heterocycles. The van der Waals surface area contributed by atoms with E-state index in [4.69, 9.17) is 4.74 Å². The van der Waals surface area contributed by atoms with E-state index in [0.29, 0.717) is 48.7 Å². The number of morpholine rings is 1. The molecule has 1 N–H and O–H groups in total. The lowest BCUT2D eigenvalue weighted by Crippen LogP contribution is -2.40. The lowest BCUT2D eigenvalue weighted by atomic mass is 10.0. The maximum atomic E-state index is 13.2. The molecule has 0 bridgehead atoms.